The van der Waals surface area contributed by atoms with Gasteiger partial charge in [0.05, 0.1) is 6.42 Å². The summed E-state index contributed by atoms with van der Waals surface area (Å²) in [6.45, 7) is 4.41. The molecule has 1 aromatic carbocycles. The lowest BCUT2D eigenvalue weighted by molar-refractivity contribution is -0.120. The third-order valence-electron chi connectivity index (χ3n) is 2.70. The van der Waals surface area contributed by atoms with Gasteiger partial charge in [-0.15, -0.1) is 0 Å². The van der Waals surface area contributed by atoms with Gasteiger partial charge in [-0.25, -0.2) is 4.39 Å². The zero-order chi connectivity index (χ0) is 12.8. The van der Waals surface area contributed by atoms with Crippen LogP contribution in [0.2, 0.25) is 0 Å². The normalized spacial score (nSPS) is 12.5. The molecule has 3 nitrogen and oxygen atoms in total. The summed E-state index contributed by atoms with van der Waals surface area (Å²) < 4.78 is 13.3. The van der Waals surface area contributed by atoms with E-state index in [0.29, 0.717) is 18.0 Å². The fourth-order valence-corrected chi connectivity index (χ4v) is 1.34. The van der Waals surface area contributed by atoms with Gasteiger partial charge < -0.3 is 11.1 Å². The van der Waals surface area contributed by atoms with Crippen molar-refractivity contribution in [3.05, 3.63) is 35.6 Å². The van der Waals surface area contributed by atoms with Crippen LogP contribution in [0.5, 0.6) is 0 Å². The zero-order valence-corrected chi connectivity index (χ0v) is 10.2. The van der Waals surface area contributed by atoms with E-state index in [4.69, 9.17) is 5.73 Å². The molecule has 1 amide bonds. The summed E-state index contributed by atoms with van der Waals surface area (Å²) in [5.41, 5.74) is 6.20. The van der Waals surface area contributed by atoms with Crippen LogP contribution in [0.4, 0.5) is 4.39 Å². The molecule has 94 valence electrons. The summed E-state index contributed by atoms with van der Waals surface area (Å²) in [6.07, 6.45) is 0.0531. The monoisotopic (exact) mass is 238 g/mol. The third-order valence-corrected chi connectivity index (χ3v) is 2.70. The first-order valence-electron chi connectivity index (χ1n) is 5.76. The van der Waals surface area contributed by atoms with Crippen molar-refractivity contribution >= 4 is 5.91 Å². The summed E-state index contributed by atoms with van der Waals surface area (Å²) in [5, 5.41) is 2.71. The number of nitrogens with one attached hydrogen (secondary N) is 1. The number of amides is 1. The van der Waals surface area contributed by atoms with E-state index in [1.807, 2.05) is 13.8 Å². The maximum atomic E-state index is 13.3. The van der Waals surface area contributed by atoms with Crippen LogP contribution < -0.4 is 11.1 Å². The molecular formula is C13H19FN2O. The van der Waals surface area contributed by atoms with Crippen LogP contribution in [-0.2, 0) is 11.2 Å². The highest BCUT2D eigenvalue weighted by atomic mass is 19.1. The smallest absolute Gasteiger partial charge is 0.224 e. The molecule has 0 aromatic heterocycles. The summed E-state index contributed by atoms with van der Waals surface area (Å²) in [7, 11) is 0. The molecule has 4 heteroatoms. The van der Waals surface area contributed by atoms with E-state index < -0.39 is 0 Å². The van der Waals surface area contributed by atoms with E-state index in [0.717, 1.165) is 0 Å². The van der Waals surface area contributed by atoms with E-state index in [2.05, 4.69) is 5.32 Å². The Morgan fingerprint density at radius 3 is 2.65 bits per heavy atom. The van der Waals surface area contributed by atoms with Crippen molar-refractivity contribution in [1.29, 1.82) is 0 Å². The van der Waals surface area contributed by atoms with Gasteiger partial charge in [0, 0.05) is 12.6 Å². The molecule has 0 bridgehead atoms. The molecule has 17 heavy (non-hydrogen) atoms. The number of carbonyl (C=O) groups excluding carboxylic acids is 1. The van der Waals surface area contributed by atoms with Gasteiger partial charge in [-0.05, 0) is 17.5 Å². The zero-order valence-electron chi connectivity index (χ0n) is 10.2. The van der Waals surface area contributed by atoms with Gasteiger partial charge >= 0.3 is 0 Å². The molecule has 1 rings (SSSR count). The molecular weight excluding hydrogens is 219 g/mol. The van der Waals surface area contributed by atoms with Gasteiger partial charge in [0.2, 0.25) is 5.91 Å². The lowest BCUT2D eigenvalue weighted by Gasteiger charge is -2.16. The molecule has 0 saturated heterocycles. The Morgan fingerprint density at radius 2 is 2.06 bits per heavy atom. The molecule has 0 fully saturated rings. The maximum Gasteiger partial charge on any atom is 0.224 e. The van der Waals surface area contributed by atoms with Gasteiger partial charge in [0.25, 0.3) is 0 Å². The van der Waals surface area contributed by atoms with Gasteiger partial charge in [-0.3, -0.25) is 4.79 Å². The first kappa shape index (κ1) is 13.6. The molecule has 0 aliphatic rings. The van der Waals surface area contributed by atoms with Crippen LogP contribution in [0.25, 0.3) is 0 Å². The number of benzene rings is 1. The van der Waals surface area contributed by atoms with Gasteiger partial charge in [0.15, 0.2) is 0 Å². The van der Waals surface area contributed by atoms with Gasteiger partial charge in [-0.1, -0.05) is 32.0 Å². The number of rotatable bonds is 5. The Balaban J connectivity index is 2.43. The van der Waals surface area contributed by atoms with Crippen LogP contribution >= 0.6 is 0 Å². The molecule has 0 saturated carbocycles. The van der Waals surface area contributed by atoms with Crippen LogP contribution in [-0.4, -0.2) is 18.5 Å². The van der Waals surface area contributed by atoms with Crippen LogP contribution in [0, 0.1) is 11.7 Å². The lowest BCUT2D eigenvalue weighted by Crippen LogP contribution is -2.40. The number of nitrogens with two attached hydrogens (primary N) is 1. The molecule has 0 heterocycles. The van der Waals surface area contributed by atoms with Crippen molar-refractivity contribution in [2.45, 2.75) is 26.3 Å². The standard InChI is InChI=1S/C13H19FN2O/c1-9(2)12(15)8-16-13(17)7-10-5-3-4-6-11(10)14/h3-6,9,12H,7-8,15H2,1-2H3,(H,16,17). The number of hydrogen-bond acceptors (Lipinski definition) is 2. The largest absolute Gasteiger partial charge is 0.354 e. The Labute approximate surface area is 101 Å². The maximum absolute atomic E-state index is 13.3. The van der Waals surface area contributed by atoms with Crippen molar-refractivity contribution in [3.63, 3.8) is 0 Å². The lowest BCUT2D eigenvalue weighted by atomic mass is 10.1. The average Bonchev–Trinajstić information content (AvgIpc) is 2.29. The molecule has 0 aliphatic carbocycles. The van der Waals surface area contributed by atoms with Gasteiger partial charge in [-0.2, -0.15) is 0 Å². The predicted octanol–water partition coefficient (Wildman–Crippen LogP) is 1.47. The van der Waals surface area contributed by atoms with Gasteiger partial charge in [0.1, 0.15) is 5.82 Å². The van der Waals surface area contributed by atoms with Crippen LogP contribution in [0.1, 0.15) is 19.4 Å². The van der Waals surface area contributed by atoms with Crippen molar-refractivity contribution < 1.29 is 9.18 Å². The second-order valence-electron chi connectivity index (χ2n) is 4.48. The number of halogens is 1. The minimum atomic E-state index is -0.351. The fourth-order valence-electron chi connectivity index (χ4n) is 1.34. The quantitative estimate of drug-likeness (QED) is 0.816. The topological polar surface area (TPSA) is 55.1 Å². The minimum absolute atomic E-state index is 0.0531. The SMILES string of the molecule is CC(C)C(N)CNC(=O)Cc1ccccc1F. The highest BCUT2D eigenvalue weighted by Crippen LogP contribution is 2.06. The average molecular weight is 238 g/mol. The third kappa shape index (κ3) is 4.53. The molecule has 0 aliphatic heterocycles. The van der Waals surface area contributed by atoms with E-state index in [1.54, 1.807) is 18.2 Å². The molecule has 3 N–H and O–H groups in total. The van der Waals surface area contributed by atoms with E-state index in [1.165, 1.54) is 6.07 Å². The predicted molar refractivity (Wildman–Crippen MR) is 65.9 cm³/mol. The summed E-state index contributed by atoms with van der Waals surface area (Å²) >= 11 is 0. The Hall–Kier alpha value is -1.42. The fraction of sp³-hybridized carbons (Fsp3) is 0.462. The van der Waals surface area contributed by atoms with E-state index in [-0.39, 0.29) is 24.2 Å². The molecule has 1 unspecified atom stereocenters. The minimum Gasteiger partial charge on any atom is -0.354 e. The first-order valence-corrected chi connectivity index (χ1v) is 5.76. The first-order chi connectivity index (χ1) is 8.00. The highest BCUT2D eigenvalue weighted by Gasteiger charge is 2.11. The second kappa shape index (κ2) is 6.35. The number of carbonyl (C=O) groups is 1. The van der Waals surface area contributed by atoms with Crippen molar-refractivity contribution in [2.75, 3.05) is 6.54 Å². The summed E-state index contributed by atoms with van der Waals surface area (Å²) in [4.78, 5) is 11.6. The second-order valence-corrected chi connectivity index (χ2v) is 4.48. The molecule has 0 spiro atoms. The summed E-state index contributed by atoms with van der Waals surface area (Å²) in [6, 6.07) is 6.20. The Kier molecular flexibility index (Phi) is 5.10. The van der Waals surface area contributed by atoms with Crippen molar-refractivity contribution in [3.8, 4) is 0 Å². The molecule has 0 radical (unpaired) electrons. The number of hydrogen-bond donors (Lipinski definition) is 2. The van der Waals surface area contributed by atoms with Crippen molar-refractivity contribution in [2.24, 2.45) is 11.7 Å². The van der Waals surface area contributed by atoms with E-state index >= 15 is 0 Å². The van der Waals surface area contributed by atoms with Crippen LogP contribution in [0.15, 0.2) is 24.3 Å². The van der Waals surface area contributed by atoms with Crippen molar-refractivity contribution in [1.82, 2.24) is 5.32 Å². The Morgan fingerprint density at radius 1 is 1.41 bits per heavy atom. The molecule has 1 atom stereocenters. The van der Waals surface area contributed by atoms with Crippen LogP contribution in [0.3, 0.4) is 0 Å². The molecule has 1 aromatic rings. The van der Waals surface area contributed by atoms with E-state index in [9.17, 15) is 9.18 Å². The highest BCUT2D eigenvalue weighted by molar-refractivity contribution is 5.78. The summed E-state index contributed by atoms with van der Waals surface area (Å²) in [5.74, 6) is -0.245. The Bertz CT molecular complexity index is 379.